The zero-order valence-corrected chi connectivity index (χ0v) is 13.4. The van der Waals surface area contributed by atoms with Gasteiger partial charge in [-0.05, 0) is 12.5 Å². The molecule has 0 aromatic carbocycles. The number of methoxy groups -OCH3 is 1. The van der Waals surface area contributed by atoms with E-state index < -0.39 is 11.5 Å². The van der Waals surface area contributed by atoms with Gasteiger partial charge in [0.15, 0.2) is 11.6 Å². The van der Waals surface area contributed by atoms with Crippen molar-refractivity contribution in [2.75, 3.05) is 30.4 Å². The number of hydrogen-bond acceptors (Lipinski definition) is 6. The monoisotopic (exact) mass is 335 g/mol. The Morgan fingerprint density at radius 1 is 1.42 bits per heavy atom. The molecular formula is C15H18FN5O3. The molecule has 0 unspecified atom stereocenters. The zero-order chi connectivity index (χ0) is 17.3. The molecule has 1 aliphatic rings. The van der Waals surface area contributed by atoms with Crippen molar-refractivity contribution in [2.24, 2.45) is 7.05 Å². The molecule has 1 atom stereocenters. The number of aromatic amines is 1. The molecule has 24 heavy (non-hydrogen) atoms. The maximum Gasteiger partial charge on any atom is 0.329 e. The topological polar surface area (TPSA) is 92.2 Å². The summed E-state index contributed by atoms with van der Waals surface area (Å²) in [7, 11) is 2.88. The van der Waals surface area contributed by atoms with E-state index >= 15 is 0 Å². The van der Waals surface area contributed by atoms with Gasteiger partial charge in [0, 0.05) is 38.3 Å². The molecule has 9 heteroatoms. The van der Waals surface area contributed by atoms with Crippen molar-refractivity contribution < 1.29 is 9.13 Å². The number of nitrogens with zero attached hydrogens (tertiary/aromatic N) is 3. The van der Waals surface area contributed by atoms with E-state index in [-0.39, 0.29) is 17.4 Å². The van der Waals surface area contributed by atoms with Crippen molar-refractivity contribution in [1.82, 2.24) is 14.5 Å². The SMILES string of the molecule is COc1ccc(F)c(N[C@H]2CCN(c3cc(=O)n(C)c(=O)[nH]3)C2)n1. The standard InChI is InChI=1S/C15H18FN5O3/c1-20-13(22)7-11(18-15(20)23)21-6-5-9(8-21)17-14-10(16)3-4-12(19-14)24-2/h3-4,7,9H,5-6,8H2,1-2H3,(H,17,19)(H,18,23)/t9-/m0/s1. The lowest BCUT2D eigenvalue weighted by molar-refractivity contribution is 0.396. The number of pyridine rings is 1. The summed E-state index contributed by atoms with van der Waals surface area (Å²) in [6.07, 6.45) is 0.718. The van der Waals surface area contributed by atoms with Crippen LogP contribution >= 0.6 is 0 Å². The molecule has 0 saturated carbocycles. The molecule has 0 bridgehead atoms. The van der Waals surface area contributed by atoms with Crippen LogP contribution in [0.1, 0.15) is 6.42 Å². The minimum absolute atomic E-state index is 0.0633. The van der Waals surface area contributed by atoms with Crippen molar-refractivity contribution in [3.05, 3.63) is 44.9 Å². The summed E-state index contributed by atoms with van der Waals surface area (Å²) in [5.41, 5.74) is -0.833. The molecule has 2 N–H and O–H groups in total. The molecule has 1 aliphatic heterocycles. The van der Waals surface area contributed by atoms with Gasteiger partial charge in [0.2, 0.25) is 5.88 Å². The van der Waals surface area contributed by atoms with Crippen molar-refractivity contribution in [3.8, 4) is 5.88 Å². The fourth-order valence-corrected chi connectivity index (χ4v) is 2.64. The number of hydrogen-bond donors (Lipinski definition) is 2. The van der Waals surface area contributed by atoms with E-state index in [1.165, 1.54) is 32.4 Å². The van der Waals surface area contributed by atoms with Crippen molar-refractivity contribution in [3.63, 3.8) is 0 Å². The van der Waals surface area contributed by atoms with Crippen LogP contribution in [0.3, 0.4) is 0 Å². The highest BCUT2D eigenvalue weighted by atomic mass is 19.1. The summed E-state index contributed by atoms with van der Waals surface area (Å²) < 4.78 is 19.8. The van der Waals surface area contributed by atoms with Gasteiger partial charge >= 0.3 is 5.69 Å². The number of rotatable bonds is 4. The number of halogens is 1. The third-order valence-corrected chi connectivity index (χ3v) is 4.03. The first-order valence-electron chi connectivity index (χ1n) is 7.50. The summed E-state index contributed by atoms with van der Waals surface area (Å²) in [6, 6.07) is 4.06. The average Bonchev–Trinajstić information content (AvgIpc) is 3.03. The molecule has 0 aliphatic carbocycles. The first-order chi connectivity index (χ1) is 11.5. The zero-order valence-electron chi connectivity index (χ0n) is 13.4. The number of aromatic nitrogens is 3. The lowest BCUT2D eigenvalue weighted by atomic mass is 10.2. The van der Waals surface area contributed by atoms with Gasteiger partial charge in [-0.15, -0.1) is 0 Å². The normalized spacial score (nSPS) is 17.1. The summed E-state index contributed by atoms with van der Waals surface area (Å²) >= 11 is 0. The van der Waals surface area contributed by atoms with Gasteiger partial charge in [0.25, 0.3) is 5.56 Å². The summed E-state index contributed by atoms with van der Waals surface area (Å²) in [6.45, 7) is 1.15. The van der Waals surface area contributed by atoms with Gasteiger partial charge in [-0.3, -0.25) is 14.3 Å². The Bertz CT molecular complexity index is 832. The van der Waals surface area contributed by atoms with Crippen LogP contribution in [0.5, 0.6) is 5.88 Å². The highest BCUT2D eigenvalue weighted by molar-refractivity contribution is 5.44. The molecule has 2 aromatic rings. The highest BCUT2D eigenvalue weighted by Crippen LogP contribution is 2.21. The Hall–Kier alpha value is -2.84. The predicted molar refractivity (Wildman–Crippen MR) is 87.3 cm³/mol. The molecule has 128 valence electrons. The van der Waals surface area contributed by atoms with Gasteiger partial charge in [-0.25, -0.2) is 9.18 Å². The molecule has 3 rings (SSSR count). The minimum atomic E-state index is -0.464. The minimum Gasteiger partial charge on any atom is -0.481 e. The fraction of sp³-hybridized carbons (Fsp3) is 0.400. The quantitative estimate of drug-likeness (QED) is 0.835. The molecule has 0 radical (unpaired) electrons. The van der Waals surface area contributed by atoms with Crippen LogP contribution in [-0.2, 0) is 7.05 Å². The van der Waals surface area contributed by atoms with Crippen LogP contribution in [0.2, 0.25) is 0 Å². The lowest BCUT2D eigenvalue weighted by Gasteiger charge is -2.19. The van der Waals surface area contributed by atoms with E-state index in [1.807, 2.05) is 4.90 Å². The van der Waals surface area contributed by atoms with Gasteiger partial charge < -0.3 is 15.0 Å². The Morgan fingerprint density at radius 2 is 2.21 bits per heavy atom. The van der Waals surface area contributed by atoms with E-state index in [0.29, 0.717) is 24.8 Å². The molecule has 8 nitrogen and oxygen atoms in total. The molecule has 1 saturated heterocycles. The number of ether oxygens (including phenoxy) is 1. The van der Waals surface area contributed by atoms with Crippen molar-refractivity contribution in [1.29, 1.82) is 0 Å². The average molecular weight is 335 g/mol. The lowest BCUT2D eigenvalue weighted by Crippen LogP contribution is -2.35. The van der Waals surface area contributed by atoms with Crippen LogP contribution in [-0.4, -0.2) is 40.8 Å². The van der Waals surface area contributed by atoms with E-state index in [1.54, 1.807) is 0 Å². The van der Waals surface area contributed by atoms with Crippen LogP contribution in [0, 0.1) is 5.82 Å². The fourth-order valence-electron chi connectivity index (χ4n) is 2.64. The second-order valence-electron chi connectivity index (χ2n) is 5.62. The molecular weight excluding hydrogens is 317 g/mol. The summed E-state index contributed by atoms with van der Waals surface area (Å²) in [4.78, 5) is 32.0. The van der Waals surface area contributed by atoms with E-state index in [9.17, 15) is 14.0 Å². The number of H-pyrrole nitrogens is 1. The maximum atomic E-state index is 13.8. The van der Waals surface area contributed by atoms with Crippen molar-refractivity contribution >= 4 is 11.6 Å². The van der Waals surface area contributed by atoms with E-state index in [2.05, 4.69) is 15.3 Å². The number of nitrogens with one attached hydrogen (secondary N) is 2. The number of anilines is 2. The Balaban J connectivity index is 1.74. The third kappa shape index (κ3) is 3.10. The van der Waals surface area contributed by atoms with Crippen LogP contribution in [0.15, 0.2) is 27.8 Å². The van der Waals surface area contributed by atoms with Crippen molar-refractivity contribution in [2.45, 2.75) is 12.5 Å². The van der Waals surface area contributed by atoms with Crippen LogP contribution in [0.4, 0.5) is 16.0 Å². The second-order valence-corrected chi connectivity index (χ2v) is 5.62. The largest absolute Gasteiger partial charge is 0.481 e. The molecule has 3 heterocycles. The molecule has 2 aromatic heterocycles. The Morgan fingerprint density at radius 3 is 2.92 bits per heavy atom. The van der Waals surface area contributed by atoms with Gasteiger partial charge in [0.1, 0.15) is 5.82 Å². The highest BCUT2D eigenvalue weighted by Gasteiger charge is 2.25. The molecule has 0 spiro atoms. The smallest absolute Gasteiger partial charge is 0.329 e. The van der Waals surface area contributed by atoms with Crippen LogP contribution in [0.25, 0.3) is 0 Å². The van der Waals surface area contributed by atoms with Gasteiger partial charge in [-0.2, -0.15) is 4.98 Å². The van der Waals surface area contributed by atoms with E-state index in [4.69, 9.17) is 4.74 Å². The van der Waals surface area contributed by atoms with Gasteiger partial charge in [0.05, 0.1) is 7.11 Å². The Kier molecular flexibility index (Phi) is 4.24. The summed E-state index contributed by atoms with van der Waals surface area (Å²) in [5, 5.41) is 3.04. The Labute approximate surface area is 136 Å². The van der Waals surface area contributed by atoms with Crippen LogP contribution < -0.4 is 26.2 Å². The molecule has 1 fully saturated rings. The second kappa shape index (κ2) is 6.34. The third-order valence-electron chi connectivity index (χ3n) is 4.03. The van der Waals surface area contributed by atoms with Gasteiger partial charge in [-0.1, -0.05) is 0 Å². The first-order valence-corrected chi connectivity index (χ1v) is 7.50. The summed E-state index contributed by atoms with van der Waals surface area (Å²) in [5.74, 6) is 0.450. The molecule has 0 amide bonds. The van der Waals surface area contributed by atoms with E-state index in [0.717, 1.165) is 11.0 Å². The first kappa shape index (κ1) is 16.0. The predicted octanol–water partition coefficient (Wildman–Crippen LogP) is 0.307. The maximum absolute atomic E-state index is 13.8.